The number of carbonyl (C=O) groups is 1. The fraction of sp³-hybridized carbons (Fsp3) is 0.238. The van der Waals surface area contributed by atoms with Gasteiger partial charge in [0.1, 0.15) is 0 Å². The first-order valence-electron chi connectivity index (χ1n) is 8.93. The van der Waals surface area contributed by atoms with Crippen LogP contribution in [0, 0.1) is 0 Å². The van der Waals surface area contributed by atoms with Crippen molar-refractivity contribution in [3.05, 3.63) is 69.3 Å². The van der Waals surface area contributed by atoms with E-state index >= 15 is 0 Å². The first kappa shape index (κ1) is 18.1. The average molecular weight is 401 g/mol. The molecule has 4 nitrogen and oxygen atoms in total. The molecule has 0 N–H and O–H groups in total. The molecule has 1 aliphatic rings. The number of halogens is 2. The third kappa shape index (κ3) is 3.24. The smallest absolute Gasteiger partial charge is 0.359 e. The summed E-state index contributed by atoms with van der Waals surface area (Å²) in [6.07, 6.45) is 2.64. The second-order valence-corrected chi connectivity index (χ2v) is 7.26. The van der Waals surface area contributed by atoms with Gasteiger partial charge in [0.05, 0.1) is 23.0 Å². The molecule has 4 rings (SSSR count). The zero-order valence-corrected chi connectivity index (χ0v) is 16.3. The van der Waals surface area contributed by atoms with Crippen LogP contribution in [0.3, 0.4) is 0 Å². The Kier molecular flexibility index (Phi) is 4.94. The molecule has 138 valence electrons. The average Bonchev–Trinajstić information content (AvgIpc) is 2.91. The Hall–Kier alpha value is -2.30. The maximum absolute atomic E-state index is 12.6. The van der Waals surface area contributed by atoms with Crippen LogP contribution >= 0.6 is 23.2 Å². The Balaban J connectivity index is 2.02. The number of aromatic nitrogens is 2. The summed E-state index contributed by atoms with van der Waals surface area (Å²) >= 11 is 12.5. The number of hydrogen-bond donors (Lipinski definition) is 0. The van der Waals surface area contributed by atoms with Crippen LogP contribution in [-0.4, -0.2) is 22.4 Å². The minimum absolute atomic E-state index is 0.304. The molecule has 3 aromatic rings. The molecular formula is C21H18Cl2N2O2. The zero-order chi connectivity index (χ0) is 19.0. The van der Waals surface area contributed by atoms with E-state index < -0.39 is 5.97 Å². The molecule has 0 bridgehead atoms. The lowest BCUT2D eigenvalue weighted by atomic mass is 10.0. The number of carbonyl (C=O) groups excluding carboxylic acids is 1. The maximum atomic E-state index is 12.6. The number of benzene rings is 2. The van der Waals surface area contributed by atoms with Crippen LogP contribution in [-0.2, 0) is 17.6 Å². The van der Waals surface area contributed by atoms with Crippen molar-refractivity contribution in [1.82, 2.24) is 9.78 Å². The van der Waals surface area contributed by atoms with E-state index in [-0.39, 0.29) is 0 Å². The van der Waals surface area contributed by atoms with Crippen molar-refractivity contribution < 1.29 is 9.53 Å². The highest BCUT2D eigenvalue weighted by Crippen LogP contribution is 2.37. The van der Waals surface area contributed by atoms with Crippen LogP contribution in [0.1, 0.15) is 35.0 Å². The highest BCUT2D eigenvalue weighted by Gasteiger charge is 2.28. The topological polar surface area (TPSA) is 44.1 Å². The molecule has 2 aromatic carbocycles. The highest BCUT2D eigenvalue weighted by molar-refractivity contribution is 6.35. The van der Waals surface area contributed by atoms with E-state index in [1.807, 2.05) is 18.2 Å². The minimum atomic E-state index is -0.406. The van der Waals surface area contributed by atoms with Crippen molar-refractivity contribution in [2.45, 2.75) is 26.2 Å². The molecule has 1 heterocycles. The maximum Gasteiger partial charge on any atom is 0.359 e. The van der Waals surface area contributed by atoms with E-state index in [2.05, 4.69) is 17.2 Å². The first-order valence-corrected chi connectivity index (χ1v) is 9.68. The number of nitrogens with zero attached hydrogens (tertiary/aromatic N) is 2. The van der Waals surface area contributed by atoms with Crippen molar-refractivity contribution in [3.63, 3.8) is 0 Å². The number of fused-ring (bicyclic) bond motifs is 3. The van der Waals surface area contributed by atoms with Crippen LogP contribution in [0.2, 0.25) is 10.0 Å². The standard InChI is InChI=1S/C21H18Cl2N2O2/c1-2-27-21(26)19-16-9-5-7-13-6-3-4-8-15(13)20(16)25(24-19)18-11-10-14(22)12-17(18)23/h3-4,6,8,10-12H,2,5,7,9H2,1H3. The van der Waals surface area contributed by atoms with Gasteiger partial charge in [-0.25, -0.2) is 9.48 Å². The van der Waals surface area contributed by atoms with E-state index in [0.717, 1.165) is 36.1 Å². The number of hydrogen-bond acceptors (Lipinski definition) is 3. The molecule has 1 aromatic heterocycles. The summed E-state index contributed by atoms with van der Waals surface area (Å²) in [5.74, 6) is -0.406. The lowest BCUT2D eigenvalue weighted by molar-refractivity contribution is 0.0517. The van der Waals surface area contributed by atoms with E-state index in [1.165, 1.54) is 5.56 Å². The van der Waals surface area contributed by atoms with E-state index in [9.17, 15) is 4.79 Å². The number of rotatable bonds is 3. The zero-order valence-electron chi connectivity index (χ0n) is 14.8. The molecule has 0 spiro atoms. The Morgan fingerprint density at radius 3 is 2.78 bits per heavy atom. The van der Waals surface area contributed by atoms with Crippen LogP contribution in [0.4, 0.5) is 0 Å². The van der Waals surface area contributed by atoms with Crippen molar-refractivity contribution in [2.75, 3.05) is 6.61 Å². The summed E-state index contributed by atoms with van der Waals surface area (Å²) in [6.45, 7) is 2.09. The molecule has 0 atom stereocenters. The van der Waals surface area contributed by atoms with E-state index in [1.54, 1.807) is 23.7 Å². The van der Waals surface area contributed by atoms with Crippen LogP contribution in [0.5, 0.6) is 0 Å². The Morgan fingerprint density at radius 1 is 1.19 bits per heavy atom. The number of aryl methyl sites for hydroxylation is 1. The van der Waals surface area contributed by atoms with Gasteiger partial charge in [0.15, 0.2) is 5.69 Å². The van der Waals surface area contributed by atoms with Crippen molar-refractivity contribution >= 4 is 29.2 Å². The largest absolute Gasteiger partial charge is 0.461 e. The van der Waals surface area contributed by atoms with Gasteiger partial charge in [0.25, 0.3) is 0 Å². The van der Waals surface area contributed by atoms with E-state index in [0.29, 0.717) is 28.0 Å². The number of ether oxygens (including phenoxy) is 1. The van der Waals surface area contributed by atoms with Crippen molar-refractivity contribution in [1.29, 1.82) is 0 Å². The monoisotopic (exact) mass is 400 g/mol. The summed E-state index contributed by atoms with van der Waals surface area (Å²) in [5, 5.41) is 5.65. The van der Waals surface area contributed by atoms with Crippen molar-refractivity contribution in [2.24, 2.45) is 0 Å². The van der Waals surface area contributed by atoms with Crippen LogP contribution in [0.25, 0.3) is 16.9 Å². The third-order valence-corrected chi connectivity index (χ3v) is 5.27. The van der Waals surface area contributed by atoms with E-state index in [4.69, 9.17) is 27.9 Å². The third-order valence-electron chi connectivity index (χ3n) is 4.74. The normalized spacial score (nSPS) is 12.9. The predicted molar refractivity (Wildman–Crippen MR) is 107 cm³/mol. The van der Waals surface area contributed by atoms with Crippen LogP contribution < -0.4 is 0 Å². The molecule has 0 aliphatic heterocycles. The summed E-state index contributed by atoms with van der Waals surface area (Å²) in [6, 6.07) is 13.5. The molecular weight excluding hydrogens is 383 g/mol. The minimum Gasteiger partial charge on any atom is -0.461 e. The van der Waals surface area contributed by atoms with Gasteiger partial charge in [0.2, 0.25) is 0 Å². The fourth-order valence-corrected chi connectivity index (χ4v) is 4.07. The lowest BCUT2D eigenvalue weighted by Crippen LogP contribution is -2.09. The molecule has 0 saturated carbocycles. The molecule has 0 fully saturated rings. The summed E-state index contributed by atoms with van der Waals surface area (Å²) < 4.78 is 7.01. The van der Waals surface area contributed by atoms with Gasteiger partial charge >= 0.3 is 5.97 Å². The predicted octanol–water partition coefficient (Wildman–Crippen LogP) is 5.51. The Labute approximate surface area is 167 Å². The molecule has 0 saturated heterocycles. The van der Waals surface area contributed by atoms with Gasteiger partial charge in [-0.3, -0.25) is 0 Å². The SMILES string of the molecule is CCOC(=O)c1nn(-c2ccc(Cl)cc2Cl)c2c1CCCc1ccccc1-2. The van der Waals surface area contributed by atoms with Crippen molar-refractivity contribution in [3.8, 4) is 16.9 Å². The summed E-state index contributed by atoms with van der Waals surface area (Å²) in [5.41, 5.74) is 5.15. The van der Waals surface area contributed by atoms with Gasteiger partial charge in [-0.1, -0.05) is 47.5 Å². The first-order chi connectivity index (χ1) is 13.1. The molecule has 6 heteroatoms. The number of esters is 1. The van der Waals surface area contributed by atoms with Gasteiger partial charge in [0, 0.05) is 16.1 Å². The second-order valence-electron chi connectivity index (χ2n) is 6.41. The molecule has 1 aliphatic carbocycles. The molecule has 27 heavy (non-hydrogen) atoms. The van der Waals surface area contributed by atoms with Gasteiger partial charge < -0.3 is 4.74 Å². The molecule has 0 radical (unpaired) electrons. The molecule has 0 unspecified atom stereocenters. The molecule has 0 amide bonds. The Morgan fingerprint density at radius 2 is 2.00 bits per heavy atom. The highest BCUT2D eigenvalue weighted by atomic mass is 35.5. The lowest BCUT2D eigenvalue weighted by Gasteiger charge is -2.12. The van der Waals surface area contributed by atoms with Crippen LogP contribution in [0.15, 0.2) is 42.5 Å². The summed E-state index contributed by atoms with van der Waals surface area (Å²) in [4.78, 5) is 12.6. The van der Waals surface area contributed by atoms with Gasteiger partial charge in [-0.15, -0.1) is 0 Å². The second kappa shape index (κ2) is 7.37. The quantitative estimate of drug-likeness (QED) is 0.544. The van der Waals surface area contributed by atoms with Gasteiger partial charge in [-0.2, -0.15) is 5.10 Å². The summed E-state index contributed by atoms with van der Waals surface area (Å²) in [7, 11) is 0. The van der Waals surface area contributed by atoms with Gasteiger partial charge in [-0.05, 0) is 49.9 Å². The Bertz CT molecular complexity index is 1030. The fourth-order valence-electron chi connectivity index (χ4n) is 3.58.